The Morgan fingerprint density at radius 1 is 1.29 bits per heavy atom. The van der Waals surface area contributed by atoms with Crippen LogP contribution in [0.5, 0.6) is 0 Å². The molecule has 7 heteroatoms. The van der Waals surface area contributed by atoms with Crippen molar-refractivity contribution >= 4 is 29.1 Å². The number of ether oxygens (including phenoxy) is 1. The van der Waals surface area contributed by atoms with Crippen molar-refractivity contribution < 1.29 is 14.6 Å². The second kappa shape index (κ2) is 9.25. The summed E-state index contributed by atoms with van der Waals surface area (Å²) in [7, 11) is 3.46. The van der Waals surface area contributed by atoms with Gasteiger partial charge in [-0.25, -0.2) is 0 Å². The Kier molecular flexibility index (Phi) is 6.96. The molecule has 5 nitrogen and oxygen atoms in total. The Morgan fingerprint density at radius 2 is 2.00 bits per heavy atom. The topological polar surface area (TPSA) is 61.8 Å². The monoisotopic (exact) mass is 422 g/mol. The van der Waals surface area contributed by atoms with Crippen molar-refractivity contribution in [2.45, 2.75) is 31.7 Å². The maximum absolute atomic E-state index is 12.5. The highest BCUT2D eigenvalue weighted by molar-refractivity contribution is 6.35. The summed E-state index contributed by atoms with van der Waals surface area (Å²) in [5.41, 5.74) is 3.84. The molecule has 1 aliphatic carbocycles. The number of aliphatic hydroxyl groups is 1. The van der Waals surface area contributed by atoms with Gasteiger partial charge in [0, 0.05) is 30.1 Å². The van der Waals surface area contributed by atoms with Crippen LogP contribution in [0.1, 0.15) is 28.3 Å². The Balaban J connectivity index is 1.64. The number of hydrogen-bond acceptors (Lipinski definition) is 4. The zero-order chi connectivity index (χ0) is 20.3. The van der Waals surface area contributed by atoms with Gasteiger partial charge in [0.1, 0.15) is 0 Å². The average molecular weight is 423 g/mol. The zero-order valence-corrected chi connectivity index (χ0v) is 17.4. The highest BCUT2D eigenvalue weighted by Gasteiger charge is 2.36. The Bertz CT molecular complexity index is 860. The third-order valence-corrected chi connectivity index (χ3v) is 5.61. The van der Waals surface area contributed by atoms with Gasteiger partial charge in [-0.2, -0.15) is 0 Å². The van der Waals surface area contributed by atoms with E-state index in [0.717, 1.165) is 22.3 Å². The van der Waals surface area contributed by atoms with E-state index in [1.807, 2.05) is 42.3 Å². The van der Waals surface area contributed by atoms with E-state index in [1.54, 1.807) is 13.2 Å². The molecule has 150 valence electrons. The lowest BCUT2D eigenvalue weighted by atomic mass is 10.1. The molecule has 0 saturated carbocycles. The average Bonchev–Trinajstić information content (AvgIpc) is 2.97. The first-order valence-corrected chi connectivity index (χ1v) is 9.84. The molecular formula is C21H24Cl2N2O3. The number of likely N-dealkylation sites (N-methyl/N-ethyl adjacent to an activating group) is 1. The standard InChI is InChI=1S/C21H24Cl2N2O3/c1-25(21-17-7-15(22)8-18(23)16(17)9-19(21)26)11-20(27)24-10-13-5-3-4-6-14(13)12-28-2/h3-8,19,21,26H,9-12H2,1-2H3,(H,24,27). The van der Waals surface area contributed by atoms with Gasteiger partial charge in [-0.05, 0) is 41.4 Å². The quantitative estimate of drug-likeness (QED) is 0.717. The van der Waals surface area contributed by atoms with Crippen LogP contribution < -0.4 is 5.32 Å². The maximum Gasteiger partial charge on any atom is 0.234 e. The molecule has 3 rings (SSSR count). The van der Waals surface area contributed by atoms with Crippen LogP contribution in [0.3, 0.4) is 0 Å². The Labute approximate surface area is 175 Å². The van der Waals surface area contributed by atoms with Crippen molar-refractivity contribution in [1.82, 2.24) is 10.2 Å². The van der Waals surface area contributed by atoms with E-state index >= 15 is 0 Å². The normalized spacial score (nSPS) is 18.4. The minimum Gasteiger partial charge on any atom is -0.391 e. The molecule has 0 aromatic heterocycles. The van der Waals surface area contributed by atoms with Crippen LogP contribution in [0.4, 0.5) is 0 Å². The van der Waals surface area contributed by atoms with E-state index in [4.69, 9.17) is 27.9 Å². The molecule has 2 unspecified atom stereocenters. The van der Waals surface area contributed by atoms with E-state index in [2.05, 4.69) is 5.32 Å². The van der Waals surface area contributed by atoms with E-state index in [1.165, 1.54) is 0 Å². The van der Waals surface area contributed by atoms with E-state index in [0.29, 0.717) is 29.6 Å². The van der Waals surface area contributed by atoms with Gasteiger partial charge in [-0.1, -0.05) is 47.5 Å². The highest BCUT2D eigenvalue weighted by atomic mass is 35.5. The Morgan fingerprint density at radius 3 is 2.71 bits per heavy atom. The van der Waals surface area contributed by atoms with E-state index in [9.17, 15) is 9.90 Å². The lowest BCUT2D eigenvalue weighted by Gasteiger charge is -2.27. The number of amides is 1. The van der Waals surface area contributed by atoms with Gasteiger partial charge in [-0.15, -0.1) is 0 Å². The van der Waals surface area contributed by atoms with Crippen molar-refractivity contribution in [3.05, 3.63) is 68.7 Å². The molecule has 0 saturated heterocycles. The molecule has 0 fully saturated rings. The summed E-state index contributed by atoms with van der Waals surface area (Å²) in [5, 5.41) is 14.5. The van der Waals surface area contributed by atoms with Gasteiger partial charge < -0.3 is 15.2 Å². The zero-order valence-electron chi connectivity index (χ0n) is 15.9. The number of halogens is 2. The van der Waals surface area contributed by atoms with Gasteiger partial charge in [0.05, 0.1) is 25.3 Å². The molecule has 0 aliphatic heterocycles. The molecular weight excluding hydrogens is 399 g/mol. The van der Waals surface area contributed by atoms with Gasteiger partial charge in [0.15, 0.2) is 0 Å². The van der Waals surface area contributed by atoms with Gasteiger partial charge >= 0.3 is 0 Å². The lowest BCUT2D eigenvalue weighted by molar-refractivity contribution is -0.123. The first-order chi connectivity index (χ1) is 13.4. The van der Waals surface area contributed by atoms with Gasteiger partial charge in [-0.3, -0.25) is 9.69 Å². The van der Waals surface area contributed by atoms with Crippen molar-refractivity contribution in [1.29, 1.82) is 0 Å². The maximum atomic E-state index is 12.5. The third-order valence-electron chi connectivity index (χ3n) is 5.05. The molecule has 1 amide bonds. The van der Waals surface area contributed by atoms with Crippen LogP contribution >= 0.6 is 23.2 Å². The molecule has 0 heterocycles. The van der Waals surface area contributed by atoms with E-state index < -0.39 is 6.10 Å². The Hall–Kier alpha value is -1.63. The summed E-state index contributed by atoms with van der Waals surface area (Å²) >= 11 is 12.4. The highest BCUT2D eigenvalue weighted by Crippen LogP contribution is 2.40. The van der Waals surface area contributed by atoms with Gasteiger partial charge in [0.25, 0.3) is 0 Å². The lowest BCUT2D eigenvalue weighted by Crippen LogP contribution is -2.39. The van der Waals surface area contributed by atoms with Crippen LogP contribution in [0, 0.1) is 0 Å². The SMILES string of the molecule is COCc1ccccc1CNC(=O)CN(C)C1c2cc(Cl)cc(Cl)c2CC1O. The van der Waals surface area contributed by atoms with Crippen molar-refractivity contribution in [2.75, 3.05) is 20.7 Å². The predicted octanol–water partition coefficient (Wildman–Crippen LogP) is 3.35. The fraction of sp³-hybridized carbons (Fsp3) is 0.381. The fourth-order valence-electron chi connectivity index (χ4n) is 3.76. The smallest absolute Gasteiger partial charge is 0.234 e. The number of rotatable bonds is 7. The number of benzene rings is 2. The summed E-state index contributed by atoms with van der Waals surface area (Å²) in [4.78, 5) is 14.3. The molecule has 2 N–H and O–H groups in total. The number of hydrogen-bond donors (Lipinski definition) is 2. The molecule has 1 aliphatic rings. The first kappa shape index (κ1) is 21.1. The number of carbonyl (C=O) groups excluding carboxylic acids is 1. The fourth-order valence-corrected chi connectivity index (χ4v) is 4.35. The second-order valence-corrected chi connectivity index (χ2v) is 7.91. The summed E-state index contributed by atoms with van der Waals surface area (Å²) < 4.78 is 5.20. The molecule has 0 bridgehead atoms. The van der Waals surface area contributed by atoms with Crippen molar-refractivity contribution in [3.63, 3.8) is 0 Å². The first-order valence-electron chi connectivity index (χ1n) is 9.09. The van der Waals surface area contributed by atoms with Crippen LogP contribution in [-0.2, 0) is 29.1 Å². The number of nitrogens with one attached hydrogen (secondary N) is 1. The molecule has 2 atom stereocenters. The van der Waals surface area contributed by atoms with Crippen molar-refractivity contribution in [2.24, 2.45) is 0 Å². The molecule has 0 spiro atoms. The largest absolute Gasteiger partial charge is 0.391 e. The minimum atomic E-state index is -0.633. The molecule has 2 aromatic carbocycles. The summed E-state index contributed by atoms with van der Waals surface area (Å²) in [6.07, 6.45) is -0.182. The number of aliphatic hydroxyl groups excluding tert-OH is 1. The van der Waals surface area contributed by atoms with Crippen LogP contribution in [0.2, 0.25) is 10.0 Å². The van der Waals surface area contributed by atoms with Crippen LogP contribution in [0.25, 0.3) is 0 Å². The van der Waals surface area contributed by atoms with Crippen molar-refractivity contribution in [3.8, 4) is 0 Å². The minimum absolute atomic E-state index is 0.122. The van der Waals surface area contributed by atoms with Crippen LogP contribution in [-0.4, -0.2) is 42.7 Å². The predicted molar refractivity (Wildman–Crippen MR) is 111 cm³/mol. The summed E-state index contributed by atoms with van der Waals surface area (Å²) in [6.45, 7) is 1.07. The summed E-state index contributed by atoms with van der Waals surface area (Å²) in [6, 6.07) is 11.0. The second-order valence-electron chi connectivity index (χ2n) is 7.07. The number of carbonyl (C=O) groups is 1. The van der Waals surface area contributed by atoms with Gasteiger partial charge in [0.2, 0.25) is 5.91 Å². The summed E-state index contributed by atoms with van der Waals surface area (Å²) in [5.74, 6) is -0.122. The van der Waals surface area contributed by atoms with Crippen LogP contribution in [0.15, 0.2) is 36.4 Å². The number of fused-ring (bicyclic) bond motifs is 1. The number of nitrogens with zero attached hydrogens (tertiary/aromatic N) is 1. The molecule has 0 radical (unpaired) electrons. The number of methoxy groups -OCH3 is 1. The van der Waals surface area contributed by atoms with E-state index in [-0.39, 0.29) is 18.5 Å². The third kappa shape index (κ3) is 4.67. The molecule has 28 heavy (non-hydrogen) atoms. The molecule has 2 aromatic rings.